The Bertz CT molecular complexity index is 1450. The van der Waals surface area contributed by atoms with Crippen molar-refractivity contribution in [1.29, 1.82) is 0 Å². The maximum Gasteiger partial charge on any atom is 0.333 e. The molecule has 0 bridgehead atoms. The van der Waals surface area contributed by atoms with Gasteiger partial charge < -0.3 is 5.32 Å². The number of aromatic nitrogens is 4. The number of hydrogen-bond donors (Lipinski definition) is 1. The van der Waals surface area contributed by atoms with Crippen LogP contribution in [0.15, 0.2) is 64.4 Å². The molecule has 8 nitrogen and oxygen atoms in total. The molecule has 2 heterocycles. The van der Waals surface area contributed by atoms with E-state index >= 15 is 0 Å². The van der Waals surface area contributed by atoms with Crippen molar-refractivity contribution in [3.63, 3.8) is 0 Å². The molecule has 0 saturated carbocycles. The minimum Gasteiger partial charge on any atom is -0.324 e. The molecule has 10 heteroatoms. The summed E-state index contributed by atoms with van der Waals surface area (Å²) in [6.07, 6.45) is 2.72. The van der Waals surface area contributed by atoms with Crippen LogP contribution in [0.4, 0.5) is 5.69 Å². The van der Waals surface area contributed by atoms with Gasteiger partial charge in [-0.25, -0.2) is 14.8 Å². The van der Waals surface area contributed by atoms with Crippen molar-refractivity contribution < 1.29 is 4.79 Å². The van der Waals surface area contributed by atoms with Crippen LogP contribution in [0, 0.1) is 6.92 Å². The molecule has 0 unspecified atom stereocenters. The Hall–Kier alpha value is -3.49. The molecule has 0 atom stereocenters. The number of aryl methyl sites for hydroxylation is 1. The largest absolute Gasteiger partial charge is 0.333 e. The van der Waals surface area contributed by atoms with Gasteiger partial charge >= 0.3 is 5.69 Å². The third kappa shape index (κ3) is 4.42. The molecule has 1 amide bonds. The Kier molecular flexibility index (Phi) is 6.07. The number of amides is 1. The van der Waals surface area contributed by atoms with Gasteiger partial charge in [0, 0.05) is 28.1 Å². The summed E-state index contributed by atoms with van der Waals surface area (Å²) in [5.41, 5.74) is 0.808. The van der Waals surface area contributed by atoms with Crippen LogP contribution < -0.4 is 16.6 Å². The van der Waals surface area contributed by atoms with E-state index in [2.05, 4.69) is 15.3 Å². The van der Waals surface area contributed by atoms with Gasteiger partial charge in [-0.1, -0.05) is 41.4 Å². The molecule has 0 radical (unpaired) electrons. The Balaban J connectivity index is 1.75. The fourth-order valence-electron chi connectivity index (χ4n) is 3.25. The maximum absolute atomic E-state index is 13.2. The van der Waals surface area contributed by atoms with Gasteiger partial charge in [-0.05, 0) is 42.3 Å². The summed E-state index contributed by atoms with van der Waals surface area (Å²) in [6, 6.07) is 11.9. The van der Waals surface area contributed by atoms with Crippen molar-refractivity contribution in [3.8, 4) is 0 Å². The van der Waals surface area contributed by atoms with Gasteiger partial charge in [-0.3, -0.25) is 18.7 Å². The van der Waals surface area contributed by atoms with Gasteiger partial charge in [0.25, 0.3) is 5.56 Å². The number of carbonyl (C=O) groups excluding carboxylic acids is 1. The molecule has 0 saturated heterocycles. The molecule has 0 aliphatic heterocycles. The van der Waals surface area contributed by atoms with Crippen molar-refractivity contribution in [3.05, 3.63) is 96.9 Å². The summed E-state index contributed by atoms with van der Waals surface area (Å²) >= 11 is 11.9. The molecule has 4 rings (SSSR count). The molecule has 0 fully saturated rings. The van der Waals surface area contributed by atoms with Crippen LogP contribution in [0.3, 0.4) is 0 Å². The Labute approximate surface area is 192 Å². The van der Waals surface area contributed by atoms with Crippen LogP contribution in [-0.4, -0.2) is 25.0 Å². The lowest BCUT2D eigenvalue weighted by molar-refractivity contribution is -0.116. The number of anilines is 1. The van der Waals surface area contributed by atoms with Crippen LogP contribution in [0.25, 0.3) is 11.2 Å². The van der Waals surface area contributed by atoms with Crippen LogP contribution >= 0.6 is 23.2 Å². The van der Waals surface area contributed by atoms with Gasteiger partial charge in [0.15, 0.2) is 11.2 Å². The van der Waals surface area contributed by atoms with Crippen LogP contribution in [0.2, 0.25) is 10.0 Å². The van der Waals surface area contributed by atoms with E-state index in [0.29, 0.717) is 21.3 Å². The second-order valence-corrected chi connectivity index (χ2v) is 8.00. The number of halogens is 2. The molecule has 2 aromatic heterocycles. The zero-order chi connectivity index (χ0) is 22.8. The van der Waals surface area contributed by atoms with Crippen molar-refractivity contribution in [1.82, 2.24) is 19.1 Å². The first-order valence-corrected chi connectivity index (χ1v) is 10.3. The van der Waals surface area contributed by atoms with Gasteiger partial charge in [0.05, 0.1) is 6.54 Å². The summed E-state index contributed by atoms with van der Waals surface area (Å²) in [5.74, 6) is -0.471. The summed E-state index contributed by atoms with van der Waals surface area (Å²) in [4.78, 5) is 47.1. The van der Waals surface area contributed by atoms with E-state index in [9.17, 15) is 14.4 Å². The highest BCUT2D eigenvalue weighted by Crippen LogP contribution is 2.20. The lowest BCUT2D eigenvalue weighted by atomic mass is 10.2. The number of hydrogen-bond acceptors (Lipinski definition) is 5. The van der Waals surface area contributed by atoms with E-state index in [1.807, 2.05) is 6.92 Å². The SMILES string of the molecule is Cc1ccc(Cl)cc1NC(=O)Cn1c(=O)n(Cc2ccc(Cl)cc2)c(=O)c2nccnc21. The standard InChI is InChI=1S/C22H17Cl2N5O3/c1-13-2-5-16(24)10-17(13)27-18(30)12-28-20-19(25-8-9-26-20)21(31)29(22(28)32)11-14-3-6-15(23)7-4-14/h2-10H,11-12H2,1H3,(H,27,30). The Morgan fingerprint density at radius 2 is 1.66 bits per heavy atom. The number of nitrogens with zero attached hydrogens (tertiary/aromatic N) is 4. The third-order valence-electron chi connectivity index (χ3n) is 4.87. The molecule has 0 aliphatic carbocycles. The first-order chi connectivity index (χ1) is 15.3. The van der Waals surface area contributed by atoms with Gasteiger partial charge in [-0.15, -0.1) is 0 Å². The molecule has 0 spiro atoms. The van der Waals surface area contributed by atoms with Crippen molar-refractivity contribution >= 4 is 46.0 Å². The van der Waals surface area contributed by atoms with Crippen LogP contribution in [0.5, 0.6) is 0 Å². The predicted molar refractivity (Wildman–Crippen MR) is 123 cm³/mol. The average Bonchev–Trinajstić information content (AvgIpc) is 2.78. The number of fused-ring (bicyclic) bond motifs is 1. The number of benzene rings is 2. The highest BCUT2D eigenvalue weighted by Gasteiger charge is 2.18. The molecule has 162 valence electrons. The number of carbonyl (C=O) groups is 1. The summed E-state index contributed by atoms with van der Waals surface area (Å²) in [7, 11) is 0. The number of rotatable bonds is 5. The smallest absolute Gasteiger partial charge is 0.324 e. The molecule has 1 N–H and O–H groups in total. The van der Waals surface area contributed by atoms with Crippen LogP contribution in [0.1, 0.15) is 11.1 Å². The molecular formula is C22H17Cl2N5O3. The highest BCUT2D eigenvalue weighted by atomic mass is 35.5. The molecule has 4 aromatic rings. The molecular weight excluding hydrogens is 453 g/mol. The van der Waals surface area contributed by atoms with Gasteiger partial charge in [0.1, 0.15) is 6.54 Å². The first-order valence-electron chi connectivity index (χ1n) is 9.58. The van der Waals surface area contributed by atoms with Crippen molar-refractivity contribution in [2.45, 2.75) is 20.0 Å². The molecule has 0 aliphatic rings. The van der Waals surface area contributed by atoms with E-state index in [4.69, 9.17) is 23.2 Å². The van der Waals surface area contributed by atoms with Crippen LogP contribution in [-0.2, 0) is 17.9 Å². The van der Waals surface area contributed by atoms with Crippen molar-refractivity contribution in [2.75, 3.05) is 5.32 Å². The first kappa shape index (κ1) is 21.7. The van der Waals surface area contributed by atoms with Gasteiger partial charge in [-0.2, -0.15) is 0 Å². The molecule has 2 aromatic carbocycles. The van der Waals surface area contributed by atoms with E-state index in [1.54, 1.807) is 42.5 Å². The third-order valence-corrected chi connectivity index (χ3v) is 5.36. The fourth-order valence-corrected chi connectivity index (χ4v) is 3.54. The highest BCUT2D eigenvalue weighted by molar-refractivity contribution is 6.31. The summed E-state index contributed by atoms with van der Waals surface area (Å²) in [6.45, 7) is 1.46. The lowest BCUT2D eigenvalue weighted by Gasteiger charge is -2.14. The minimum atomic E-state index is -0.670. The predicted octanol–water partition coefficient (Wildman–Crippen LogP) is 3.26. The Morgan fingerprint density at radius 3 is 2.41 bits per heavy atom. The zero-order valence-corrected chi connectivity index (χ0v) is 18.4. The second kappa shape index (κ2) is 8.94. The average molecular weight is 470 g/mol. The number of nitrogens with one attached hydrogen (secondary N) is 1. The lowest BCUT2D eigenvalue weighted by Crippen LogP contribution is -2.42. The van der Waals surface area contributed by atoms with E-state index in [0.717, 1.165) is 14.7 Å². The van der Waals surface area contributed by atoms with E-state index < -0.39 is 17.2 Å². The summed E-state index contributed by atoms with van der Waals surface area (Å²) < 4.78 is 2.16. The van der Waals surface area contributed by atoms with Crippen molar-refractivity contribution in [2.24, 2.45) is 0 Å². The normalized spacial score (nSPS) is 11.0. The second-order valence-electron chi connectivity index (χ2n) is 7.12. The van der Waals surface area contributed by atoms with Gasteiger partial charge in [0.2, 0.25) is 5.91 Å². The maximum atomic E-state index is 13.2. The zero-order valence-electron chi connectivity index (χ0n) is 16.9. The topological polar surface area (TPSA) is 98.9 Å². The monoisotopic (exact) mass is 469 g/mol. The molecule has 32 heavy (non-hydrogen) atoms. The fraction of sp³-hybridized carbons (Fsp3) is 0.136. The Morgan fingerprint density at radius 1 is 0.969 bits per heavy atom. The minimum absolute atomic E-state index is 0.00360. The van der Waals surface area contributed by atoms with E-state index in [1.165, 1.54) is 12.4 Å². The summed E-state index contributed by atoms with van der Waals surface area (Å²) in [5, 5.41) is 3.75. The van der Waals surface area contributed by atoms with E-state index in [-0.39, 0.29) is 24.3 Å². The quantitative estimate of drug-likeness (QED) is 0.483.